The molecule has 7 nitrogen and oxygen atoms in total. The average molecular weight is 556 g/mol. The van der Waals surface area contributed by atoms with Gasteiger partial charge in [0.2, 0.25) is 5.91 Å². The second-order valence-electron chi connectivity index (χ2n) is 12.0. The molecule has 1 aliphatic carbocycles. The first-order valence-corrected chi connectivity index (χ1v) is 14.0. The number of alkyl carbamates (subject to hydrolysis) is 1. The minimum atomic E-state index is -0.917. The summed E-state index contributed by atoms with van der Waals surface area (Å²) in [5, 5.41) is 6.24. The average Bonchev–Trinajstić information content (AvgIpc) is 3.53. The van der Waals surface area contributed by atoms with E-state index in [9.17, 15) is 14.4 Å². The van der Waals surface area contributed by atoms with Gasteiger partial charge in [-0.1, -0.05) is 68.8 Å². The molecule has 0 aromatic heterocycles. The molecule has 4 unspecified atom stereocenters. The first-order valence-electron chi connectivity index (χ1n) is 13.6. The van der Waals surface area contributed by atoms with Crippen LogP contribution in [0.15, 0.2) is 42.5 Å². The zero-order valence-corrected chi connectivity index (χ0v) is 25.1. The fourth-order valence-electron chi connectivity index (χ4n) is 4.79. The van der Waals surface area contributed by atoms with E-state index in [1.165, 1.54) is 0 Å². The summed E-state index contributed by atoms with van der Waals surface area (Å²) in [7, 11) is 0. The van der Waals surface area contributed by atoms with Crippen molar-refractivity contribution in [1.29, 1.82) is 0 Å². The Hall–Kier alpha value is -3.06. The van der Waals surface area contributed by atoms with E-state index in [4.69, 9.17) is 16.3 Å². The SMILES string of the molecule is Cc1ccccc1C(C(=O)Nc1c(C)cccc1Cl)N(C(=O)C(CC(C)C)NC(=O)OC(C)(C)C)C1CC1C. The van der Waals surface area contributed by atoms with Gasteiger partial charge in [-0.05, 0) is 82.1 Å². The fraction of sp³-hybridized carbons (Fsp3) is 0.516. The first-order chi connectivity index (χ1) is 18.2. The van der Waals surface area contributed by atoms with Crippen LogP contribution >= 0.6 is 11.6 Å². The maximum absolute atomic E-state index is 14.4. The molecule has 8 heteroatoms. The number of carbonyl (C=O) groups excluding carboxylic acids is 3. The van der Waals surface area contributed by atoms with Crippen LogP contribution in [0.4, 0.5) is 10.5 Å². The van der Waals surface area contributed by atoms with Gasteiger partial charge in [0, 0.05) is 6.04 Å². The fourth-order valence-corrected chi connectivity index (χ4v) is 5.06. The standard InChI is InChI=1S/C31H42ClN3O4/c1-18(2)16-24(33-30(38)39-31(6,7)8)29(37)35(25-17-21(25)5)27(22-14-10-9-12-19(22)3)28(36)34-26-20(4)13-11-15-23(26)32/h9-15,18,21,24-25,27H,16-17H2,1-8H3,(H,33,38)(H,34,36). The Kier molecular flexibility index (Phi) is 9.70. The molecule has 0 radical (unpaired) electrons. The topological polar surface area (TPSA) is 87.7 Å². The molecule has 2 aromatic carbocycles. The lowest BCUT2D eigenvalue weighted by Gasteiger charge is -2.36. The highest BCUT2D eigenvalue weighted by atomic mass is 35.5. The van der Waals surface area contributed by atoms with Gasteiger partial charge in [0.15, 0.2) is 0 Å². The molecule has 3 rings (SSSR count). The molecular formula is C31H42ClN3O4. The number of hydrogen-bond acceptors (Lipinski definition) is 4. The Morgan fingerprint density at radius 3 is 2.21 bits per heavy atom. The molecule has 2 N–H and O–H groups in total. The molecule has 1 saturated carbocycles. The Balaban J connectivity index is 2.07. The number of nitrogens with zero attached hydrogens (tertiary/aromatic N) is 1. The van der Waals surface area contributed by atoms with Gasteiger partial charge in [-0.15, -0.1) is 0 Å². The lowest BCUT2D eigenvalue weighted by atomic mass is 9.96. The summed E-state index contributed by atoms with van der Waals surface area (Å²) in [4.78, 5) is 43.0. The highest BCUT2D eigenvalue weighted by Gasteiger charge is 2.48. The molecule has 1 aliphatic rings. The van der Waals surface area contributed by atoms with E-state index in [1.807, 2.05) is 64.1 Å². The maximum atomic E-state index is 14.4. The van der Waals surface area contributed by atoms with Gasteiger partial charge >= 0.3 is 6.09 Å². The minimum Gasteiger partial charge on any atom is -0.444 e. The normalized spacial score (nSPS) is 18.2. The van der Waals surface area contributed by atoms with Crippen LogP contribution in [0.25, 0.3) is 0 Å². The van der Waals surface area contributed by atoms with E-state index in [0.29, 0.717) is 17.1 Å². The highest BCUT2D eigenvalue weighted by Crippen LogP contribution is 2.42. The summed E-state index contributed by atoms with van der Waals surface area (Å²) in [6.07, 6.45) is 0.517. The molecule has 0 saturated heterocycles. The lowest BCUT2D eigenvalue weighted by molar-refractivity contribution is -0.142. The van der Waals surface area contributed by atoms with Crippen LogP contribution in [-0.2, 0) is 14.3 Å². The van der Waals surface area contributed by atoms with Crippen molar-refractivity contribution < 1.29 is 19.1 Å². The molecule has 0 spiro atoms. The van der Waals surface area contributed by atoms with E-state index in [2.05, 4.69) is 17.6 Å². The summed E-state index contributed by atoms with van der Waals surface area (Å²) in [6, 6.07) is 11.1. The van der Waals surface area contributed by atoms with E-state index in [0.717, 1.165) is 23.1 Å². The van der Waals surface area contributed by atoms with E-state index in [-0.39, 0.29) is 29.7 Å². The van der Waals surface area contributed by atoms with Gasteiger partial charge in [-0.25, -0.2) is 4.79 Å². The van der Waals surface area contributed by atoms with E-state index in [1.54, 1.807) is 31.7 Å². The van der Waals surface area contributed by atoms with Gasteiger partial charge in [-0.2, -0.15) is 0 Å². The van der Waals surface area contributed by atoms with Gasteiger partial charge in [-0.3, -0.25) is 9.59 Å². The third-order valence-corrected chi connectivity index (χ3v) is 7.17. The second-order valence-corrected chi connectivity index (χ2v) is 12.4. The van der Waals surface area contributed by atoms with Crippen molar-refractivity contribution in [2.45, 2.75) is 92.0 Å². The number of carbonyl (C=O) groups is 3. The minimum absolute atomic E-state index is 0.115. The molecule has 0 heterocycles. The quantitative estimate of drug-likeness (QED) is 0.355. The number of rotatable bonds is 9. The van der Waals surface area contributed by atoms with Crippen molar-refractivity contribution in [2.24, 2.45) is 11.8 Å². The summed E-state index contributed by atoms with van der Waals surface area (Å²) >= 11 is 6.46. The van der Waals surface area contributed by atoms with Crippen LogP contribution < -0.4 is 10.6 Å². The van der Waals surface area contributed by atoms with Crippen LogP contribution in [0.1, 0.15) is 77.1 Å². The molecule has 2 aromatic rings. The monoisotopic (exact) mass is 555 g/mol. The molecule has 4 atom stereocenters. The Labute approximate surface area is 237 Å². The molecule has 3 amide bonds. The number of hydrogen-bond donors (Lipinski definition) is 2. The molecule has 0 aliphatic heterocycles. The van der Waals surface area contributed by atoms with Crippen LogP contribution in [-0.4, -0.2) is 40.5 Å². The highest BCUT2D eigenvalue weighted by molar-refractivity contribution is 6.34. The summed E-state index contributed by atoms with van der Waals surface area (Å²) in [6.45, 7) is 15.2. The van der Waals surface area contributed by atoms with Crippen LogP contribution in [0.5, 0.6) is 0 Å². The van der Waals surface area contributed by atoms with Crippen molar-refractivity contribution >= 4 is 35.2 Å². The molecule has 0 bridgehead atoms. The van der Waals surface area contributed by atoms with Gasteiger partial charge in [0.05, 0.1) is 10.7 Å². The number of ether oxygens (including phenoxy) is 1. The van der Waals surface area contributed by atoms with Crippen molar-refractivity contribution in [3.8, 4) is 0 Å². The van der Waals surface area contributed by atoms with Gasteiger partial charge < -0.3 is 20.3 Å². The Morgan fingerprint density at radius 2 is 1.67 bits per heavy atom. The van der Waals surface area contributed by atoms with Crippen molar-refractivity contribution in [2.75, 3.05) is 5.32 Å². The van der Waals surface area contributed by atoms with Gasteiger partial charge in [0.1, 0.15) is 17.7 Å². The summed E-state index contributed by atoms with van der Waals surface area (Å²) in [5.41, 5.74) is 2.25. The van der Waals surface area contributed by atoms with Crippen LogP contribution in [0, 0.1) is 25.7 Å². The zero-order valence-electron chi connectivity index (χ0n) is 24.3. The maximum Gasteiger partial charge on any atom is 0.408 e. The molecule has 1 fully saturated rings. The largest absolute Gasteiger partial charge is 0.444 e. The molecular weight excluding hydrogens is 514 g/mol. The third kappa shape index (κ3) is 7.98. The van der Waals surface area contributed by atoms with E-state index < -0.39 is 23.8 Å². The summed E-state index contributed by atoms with van der Waals surface area (Å²) in [5.74, 6) is -0.322. The van der Waals surface area contributed by atoms with Gasteiger partial charge in [0.25, 0.3) is 5.91 Å². The number of nitrogens with one attached hydrogen (secondary N) is 2. The zero-order chi connectivity index (χ0) is 29.1. The Bertz CT molecular complexity index is 1190. The molecule has 212 valence electrons. The predicted molar refractivity (Wildman–Crippen MR) is 156 cm³/mol. The number of aryl methyl sites for hydroxylation is 2. The van der Waals surface area contributed by atoms with Crippen molar-refractivity contribution in [3.63, 3.8) is 0 Å². The smallest absolute Gasteiger partial charge is 0.408 e. The number of anilines is 1. The van der Waals surface area contributed by atoms with Crippen molar-refractivity contribution in [1.82, 2.24) is 10.2 Å². The Morgan fingerprint density at radius 1 is 1.05 bits per heavy atom. The first kappa shape index (κ1) is 30.5. The van der Waals surface area contributed by atoms with E-state index >= 15 is 0 Å². The second kappa shape index (κ2) is 12.4. The molecule has 39 heavy (non-hydrogen) atoms. The predicted octanol–water partition coefficient (Wildman–Crippen LogP) is 6.81. The summed E-state index contributed by atoms with van der Waals surface area (Å²) < 4.78 is 5.48. The number of benzene rings is 2. The van der Waals surface area contributed by atoms with Crippen LogP contribution in [0.2, 0.25) is 5.02 Å². The number of halogens is 1. The van der Waals surface area contributed by atoms with Crippen molar-refractivity contribution in [3.05, 3.63) is 64.2 Å². The number of para-hydroxylation sites is 1. The lowest BCUT2D eigenvalue weighted by Crippen LogP contribution is -2.54. The van der Waals surface area contributed by atoms with Crippen LogP contribution in [0.3, 0.4) is 0 Å². The number of amides is 3. The third-order valence-electron chi connectivity index (χ3n) is 6.85.